The summed E-state index contributed by atoms with van der Waals surface area (Å²) in [5.74, 6) is 1.37. The minimum absolute atomic E-state index is 0.164. The molecule has 0 aliphatic carbocycles. The lowest BCUT2D eigenvalue weighted by Crippen LogP contribution is -2.19. The molecule has 7 heteroatoms. The number of hydrogen-bond donors (Lipinski definition) is 1. The molecule has 2 aromatic carbocycles. The van der Waals surface area contributed by atoms with Gasteiger partial charge < -0.3 is 4.74 Å². The van der Waals surface area contributed by atoms with Gasteiger partial charge in [0, 0.05) is 0 Å². The third-order valence-electron chi connectivity index (χ3n) is 3.45. The molecule has 0 atom stereocenters. The molecule has 0 radical (unpaired) electrons. The van der Waals surface area contributed by atoms with Crippen LogP contribution in [0.2, 0.25) is 0 Å². The van der Waals surface area contributed by atoms with Crippen LogP contribution >= 0.6 is 23.1 Å². The smallest absolute Gasteiger partial charge is 0.250 e. The minimum Gasteiger partial charge on any atom is -0.493 e. The van der Waals surface area contributed by atoms with Crippen molar-refractivity contribution in [1.29, 1.82) is 0 Å². The maximum absolute atomic E-state index is 12.0. The summed E-state index contributed by atoms with van der Waals surface area (Å²) in [6, 6.07) is 15.6. The van der Waals surface area contributed by atoms with Gasteiger partial charge in [0.1, 0.15) is 5.75 Å². The molecular weight excluding hydrogens is 378 g/mol. The Bertz CT molecular complexity index is 905. The number of carbonyl (C=O) groups is 1. The number of ether oxygens (including phenoxy) is 1. The van der Waals surface area contributed by atoms with Crippen molar-refractivity contribution in [3.63, 3.8) is 0 Å². The Morgan fingerprint density at radius 1 is 1.30 bits per heavy atom. The Labute approximate surface area is 166 Å². The minimum atomic E-state index is -0.164. The van der Waals surface area contributed by atoms with Crippen LogP contribution in [0.15, 0.2) is 58.0 Å². The van der Waals surface area contributed by atoms with Crippen molar-refractivity contribution >= 4 is 45.4 Å². The van der Waals surface area contributed by atoms with Crippen molar-refractivity contribution in [3.8, 4) is 5.75 Å². The fourth-order valence-electron chi connectivity index (χ4n) is 2.20. The summed E-state index contributed by atoms with van der Waals surface area (Å²) < 4.78 is 7.69. The number of aromatic nitrogens is 1. The zero-order valence-electron chi connectivity index (χ0n) is 15.2. The standard InChI is InChI=1S/C20H21N3O2S2/c1-14(2)12-25-16-7-5-6-15(10-16)11-21-23-19(24)13-26-20-22-17-8-3-4-9-18(17)27-20/h3-11,14H,12-13H2,1-2H3,(H,23,24)/b21-11-. The van der Waals surface area contributed by atoms with Crippen molar-refractivity contribution in [2.24, 2.45) is 11.0 Å². The van der Waals surface area contributed by atoms with Gasteiger partial charge in [0.2, 0.25) is 0 Å². The maximum Gasteiger partial charge on any atom is 0.250 e. The van der Waals surface area contributed by atoms with Crippen LogP contribution in [0.4, 0.5) is 0 Å². The first-order chi connectivity index (χ1) is 13.1. The molecule has 1 aromatic heterocycles. The number of benzene rings is 2. The van der Waals surface area contributed by atoms with E-state index in [9.17, 15) is 4.79 Å². The summed E-state index contributed by atoms with van der Waals surface area (Å²) in [5, 5.41) is 4.02. The lowest BCUT2D eigenvalue weighted by Gasteiger charge is -2.08. The Kier molecular flexibility index (Phi) is 6.84. The molecule has 0 saturated carbocycles. The molecule has 1 heterocycles. The summed E-state index contributed by atoms with van der Waals surface area (Å²) in [7, 11) is 0. The topological polar surface area (TPSA) is 63.6 Å². The molecule has 0 unspecified atom stereocenters. The number of carbonyl (C=O) groups excluding carboxylic acids is 1. The number of thiazole rings is 1. The first kappa shape index (κ1) is 19.4. The van der Waals surface area contributed by atoms with Gasteiger partial charge in [-0.1, -0.05) is 49.9 Å². The van der Waals surface area contributed by atoms with Gasteiger partial charge in [-0.2, -0.15) is 5.10 Å². The van der Waals surface area contributed by atoms with E-state index in [2.05, 4.69) is 29.4 Å². The second-order valence-electron chi connectivity index (χ2n) is 6.31. The van der Waals surface area contributed by atoms with Crippen molar-refractivity contribution in [2.75, 3.05) is 12.4 Å². The van der Waals surface area contributed by atoms with E-state index >= 15 is 0 Å². The summed E-state index contributed by atoms with van der Waals surface area (Å²) in [5.41, 5.74) is 4.38. The fraction of sp³-hybridized carbons (Fsp3) is 0.250. The van der Waals surface area contributed by atoms with Crippen molar-refractivity contribution in [2.45, 2.75) is 18.2 Å². The number of thioether (sulfide) groups is 1. The molecule has 27 heavy (non-hydrogen) atoms. The number of hydrazone groups is 1. The Morgan fingerprint density at radius 2 is 2.15 bits per heavy atom. The predicted molar refractivity (Wildman–Crippen MR) is 113 cm³/mol. The van der Waals surface area contributed by atoms with Crippen molar-refractivity contribution in [3.05, 3.63) is 54.1 Å². The SMILES string of the molecule is CC(C)COc1cccc(/C=N\NC(=O)CSc2nc3ccccc3s2)c1. The van der Waals surface area contributed by atoms with Crippen LogP contribution in [0, 0.1) is 5.92 Å². The van der Waals surface area contributed by atoms with Gasteiger partial charge >= 0.3 is 0 Å². The van der Waals surface area contributed by atoms with Gasteiger partial charge in [-0.15, -0.1) is 11.3 Å². The van der Waals surface area contributed by atoms with E-state index in [-0.39, 0.29) is 11.7 Å². The third-order valence-corrected chi connectivity index (χ3v) is 5.62. The fourth-order valence-corrected chi connectivity index (χ4v) is 4.06. The van der Waals surface area contributed by atoms with Crippen LogP contribution < -0.4 is 10.2 Å². The highest BCUT2D eigenvalue weighted by Gasteiger charge is 2.07. The zero-order valence-corrected chi connectivity index (χ0v) is 16.8. The predicted octanol–water partition coefficient (Wildman–Crippen LogP) is 4.57. The zero-order chi connectivity index (χ0) is 19.1. The second-order valence-corrected chi connectivity index (χ2v) is 8.56. The molecule has 3 aromatic rings. The molecule has 0 fully saturated rings. The van der Waals surface area contributed by atoms with Crippen LogP contribution in [-0.4, -0.2) is 29.5 Å². The summed E-state index contributed by atoms with van der Waals surface area (Å²) in [4.78, 5) is 16.5. The first-order valence-electron chi connectivity index (χ1n) is 8.63. The number of nitrogens with zero attached hydrogens (tertiary/aromatic N) is 2. The first-order valence-corrected chi connectivity index (χ1v) is 10.4. The van der Waals surface area contributed by atoms with Crippen LogP contribution in [0.3, 0.4) is 0 Å². The molecule has 0 aliphatic rings. The normalized spacial score (nSPS) is 11.4. The average molecular weight is 400 g/mol. The van der Waals surface area contributed by atoms with Gasteiger partial charge in [0.15, 0.2) is 4.34 Å². The number of amides is 1. The van der Waals surface area contributed by atoms with Crippen molar-refractivity contribution in [1.82, 2.24) is 10.4 Å². The Hall–Kier alpha value is -2.38. The van der Waals surface area contributed by atoms with Gasteiger partial charge in [-0.05, 0) is 35.7 Å². The molecule has 1 N–H and O–H groups in total. The molecule has 0 spiro atoms. The number of hydrogen-bond acceptors (Lipinski definition) is 6. The summed E-state index contributed by atoms with van der Waals surface area (Å²) in [6.07, 6.45) is 1.61. The Morgan fingerprint density at radius 3 is 2.96 bits per heavy atom. The van der Waals surface area contributed by atoms with E-state index in [1.165, 1.54) is 11.8 Å². The van der Waals surface area contributed by atoms with Crippen molar-refractivity contribution < 1.29 is 9.53 Å². The molecular formula is C20H21N3O2S2. The van der Waals surface area contributed by atoms with E-state index < -0.39 is 0 Å². The average Bonchev–Trinajstić information content (AvgIpc) is 3.08. The van der Waals surface area contributed by atoms with Gasteiger partial charge in [-0.3, -0.25) is 4.79 Å². The lowest BCUT2D eigenvalue weighted by atomic mass is 10.2. The largest absolute Gasteiger partial charge is 0.493 e. The highest BCUT2D eigenvalue weighted by molar-refractivity contribution is 8.01. The monoisotopic (exact) mass is 399 g/mol. The highest BCUT2D eigenvalue weighted by Crippen LogP contribution is 2.28. The Balaban J connectivity index is 1.47. The van der Waals surface area contributed by atoms with Gasteiger partial charge in [-0.25, -0.2) is 10.4 Å². The van der Waals surface area contributed by atoms with E-state index in [4.69, 9.17) is 4.74 Å². The number of fused-ring (bicyclic) bond motifs is 1. The molecule has 0 aliphatic heterocycles. The third kappa shape index (κ3) is 6.08. The van der Waals surface area contributed by atoms with E-state index in [0.717, 1.165) is 25.9 Å². The molecule has 3 rings (SSSR count). The van der Waals surface area contributed by atoms with Crippen LogP contribution in [0.5, 0.6) is 5.75 Å². The van der Waals surface area contributed by atoms with E-state index in [1.54, 1.807) is 17.6 Å². The second kappa shape index (κ2) is 9.53. The molecule has 0 bridgehead atoms. The van der Waals surface area contributed by atoms with Crippen LogP contribution in [-0.2, 0) is 4.79 Å². The quantitative estimate of drug-likeness (QED) is 0.342. The van der Waals surface area contributed by atoms with Gasteiger partial charge in [0.25, 0.3) is 5.91 Å². The maximum atomic E-state index is 12.0. The highest BCUT2D eigenvalue weighted by atomic mass is 32.2. The number of nitrogens with one attached hydrogen (secondary N) is 1. The summed E-state index contributed by atoms with van der Waals surface area (Å²) in [6.45, 7) is 4.88. The molecule has 140 valence electrons. The number of para-hydroxylation sites is 1. The lowest BCUT2D eigenvalue weighted by molar-refractivity contribution is -0.118. The van der Waals surface area contributed by atoms with Gasteiger partial charge in [0.05, 0.1) is 28.8 Å². The van der Waals surface area contributed by atoms with Crippen LogP contribution in [0.1, 0.15) is 19.4 Å². The van der Waals surface area contributed by atoms with E-state index in [0.29, 0.717) is 12.5 Å². The van der Waals surface area contributed by atoms with Crippen LogP contribution in [0.25, 0.3) is 10.2 Å². The van der Waals surface area contributed by atoms with E-state index in [1.807, 2.05) is 48.5 Å². The number of rotatable bonds is 8. The molecule has 0 saturated heterocycles. The summed E-state index contributed by atoms with van der Waals surface area (Å²) >= 11 is 3.00. The molecule has 1 amide bonds. The molecule has 5 nitrogen and oxygen atoms in total.